The van der Waals surface area contributed by atoms with Crippen LogP contribution in [-0.2, 0) is 6.42 Å². The van der Waals surface area contributed by atoms with Crippen LogP contribution in [0.5, 0.6) is 5.75 Å². The van der Waals surface area contributed by atoms with Crippen LogP contribution in [0.4, 0.5) is 8.78 Å². The van der Waals surface area contributed by atoms with Crippen LogP contribution in [0.2, 0.25) is 0 Å². The predicted octanol–water partition coefficient (Wildman–Crippen LogP) is 4.48. The van der Waals surface area contributed by atoms with Crippen molar-refractivity contribution in [3.63, 3.8) is 0 Å². The van der Waals surface area contributed by atoms with Gasteiger partial charge in [-0.2, -0.15) is 5.10 Å². The number of nitrogens with zero attached hydrogens (tertiary/aromatic N) is 4. The second kappa shape index (κ2) is 7.53. The van der Waals surface area contributed by atoms with Crippen molar-refractivity contribution >= 4 is 15.9 Å². The van der Waals surface area contributed by atoms with Gasteiger partial charge in [0, 0.05) is 0 Å². The van der Waals surface area contributed by atoms with Crippen molar-refractivity contribution in [3.8, 4) is 5.75 Å². The summed E-state index contributed by atoms with van der Waals surface area (Å²) in [6, 6.07) is 7.07. The monoisotopic (exact) mass is 426 g/mol. The van der Waals surface area contributed by atoms with E-state index in [1.807, 2.05) is 24.3 Å². The Bertz CT molecular complexity index is 893. The molecule has 3 rings (SSSR count). The average molecular weight is 427 g/mol. The Kier molecular flexibility index (Phi) is 5.36. The van der Waals surface area contributed by atoms with Crippen LogP contribution in [0.25, 0.3) is 0 Å². The number of rotatable bonds is 6. The summed E-state index contributed by atoms with van der Waals surface area (Å²) >= 11 is 3.16. The van der Waals surface area contributed by atoms with Gasteiger partial charge in [-0.05, 0) is 47.5 Å². The van der Waals surface area contributed by atoms with Crippen LogP contribution in [-0.4, -0.2) is 27.1 Å². The summed E-state index contributed by atoms with van der Waals surface area (Å²) in [7, 11) is 1.61. The van der Waals surface area contributed by atoms with Gasteiger partial charge in [0.15, 0.2) is 0 Å². The first-order valence-electron chi connectivity index (χ1n) is 7.88. The lowest BCUT2D eigenvalue weighted by molar-refractivity contribution is 0.144. The number of halogens is 3. The van der Waals surface area contributed by atoms with E-state index < -0.39 is 12.5 Å². The second-order valence-corrected chi connectivity index (χ2v) is 6.56. The maximum absolute atomic E-state index is 13.0. The number of alkyl halides is 2. The summed E-state index contributed by atoms with van der Waals surface area (Å²) in [5, 5.41) is 12.1. The van der Waals surface area contributed by atoms with Gasteiger partial charge in [-0.25, -0.2) is 8.78 Å². The third-order valence-electron chi connectivity index (χ3n) is 4.03. The molecule has 1 atom stereocenters. The molecule has 0 bridgehead atoms. The van der Waals surface area contributed by atoms with Crippen molar-refractivity contribution in [2.24, 2.45) is 0 Å². The largest absolute Gasteiger partial charge is 0.497 e. The van der Waals surface area contributed by atoms with Gasteiger partial charge >= 0.3 is 0 Å². The lowest BCUT2D eigenvalue weighted by Gasteiger charge is -2.09. The Morgan fingerprint density at radius 2 is 1.92 bits per heavy atom. The highest BCUT2D eigenvalue weighted by atomic mass is 79.9. The molecule has 0 radical (unpaired) electrons. The lowest BCUT2D eigenvalue weighted by atomic mass is 10.1. The van der Waals surface area contributed by atoms with E-state index in [1.165, 1.54) is 4.68 Å². The zero-order valence-corrected chi connectivity index (χ0v) is 16.0. The van der Waals surface area contributed by atoms with Crippen LogP contribution in [0.1, 0.15) is 48.1 Å². The maximum atomic E-state index is 13.0. The molecule has 0 amide bonds. The van der Waals surface area contributed by atoms with Crippen LogP contribution in [0, 0.1) is 6.92 Å². The van der Waals surface area contributed by atoms with E-state index in [-0.39, 0.29) is 10.2 Å². The van der Waals surface area contributed by atoms with E-state index in [0.29, 0.717) is 23.9 Å². The fourth-order valence-electron chi connectivity index (χ4n) is 2.57. The average Bonchev–Trinajstić information content (AvgIpc) is 3.21. The van der Waals surface area contributed by atoms with Crippen molar-refractivity contribution in [3.05, 3.63) is 57.5 Å². The molecule has 0 aliphatic rings. The van der Waals surface area contributed by atoms with E-state index in [4.69, 9.17) is 9.15 Å². The van der Waals surface area contributed by atoms with Crippen LogP contribution in [0.15, 0.2) is 33.2 Å². The second-order valence-electron chi connectivity index (χ2n) is 5.76. The number of aromatic nitrogens is 4. The SMILES string of the molecule is COc1ccc(Cc2nnc(C(C)n3nc(C(F)F)c(Br)c3C)o2)cc1. The molecule has 0 aliphatic heterocycles. The summed E-state index contributed by atoms with van der Waals surface area (Å²) < 4.78 is 38.6. The molecule has 0 aliphatic carbocycles. The molecule has 6 nitrogen and oxygen atoms in total. The molecule has 0 fully saturated rings. The van der Waals surface area contributed by atoms with Crippen molar-refractivity contribution in [2.75, 3.05) is 7.11 Å². The number of benzene rings is 1. The molecule has 2 heterocycles. The van der Waals surface area contributed by atoms with Crippen LogP contribution >= 0.6 is 15.9 Å². The fraction of sp³-hybridized carbons (Fsp3) is 0.353. The highest BCUT2D eigenvalue weighted by molar-refractivity contribution is 9.10. The molecule has 26 heavy (non-hydrogen) atoms. The molecule has 138 valence electrons. The summed E-state index contributed by atoms with van der Waals surface area (Å²) in [5.74, 6) is 1.52. The van der Waals surface area contributed by atoms with E-state index in [1.54, 1.807) is 21.0 Å². The van der Waals surface area contributed by atoms with Crippen LogP contribution < -0.4 is 4.74 Å². The fourth-order valence-corrected chi connectivity index (χ4v) is 3.00. The minimum atomic E-state index is -2.66. The molecule has 3 aromatic rings. The number of hydrogen-bond donors (Lipinski definition) is 0. The molecule has 2 aromatic heterocycles. The first-order valence-corrected chi connectivity index (χ1v) is 8.67. The van der Waals surface area contributed by atoms with Gasteiger partial charge in [0.2, 0.25) is 11.8 Å². The van der Waals surface area contributed by atoms with E-state index in [2.05, 4.69) is 31.2 Å². The lowest BCUT2D eigenvalue weighted by Crippen LogP contribution is -2.11. The predicted molar refractivity (Wildman–Crippen MR) is 93.5 cm³/mol. The van der Waals surface area contributed by atoms with Gasteiger partial charge in [-0.1, -0.05) is 12.1 Å². The van der Waals surface area contributed by atoms with Gasteiger partial charge in [0.1, 0.15) is 17.5 Å². The summed E-state index contributed by atoms with van der Waals surface area (Å²) in [5.41, 5.74) is 1.27. The number of hydrogen-bond acceptors (Lipinski definition) is 5. The normalized spacial score (nSPS) is 12.6. The molecule has 0 N–H and O–H groups in total. The van der Waals surface area contributed by atoms with E-state index >= 15 is 0 Å². The molecule has 0 saturated heterocycles. The standard InChI is InChI=1S/C17H17BrF2N4O2/c1-9-14(18)15(16(19)20)23-24(9)10(2)17-22-21-13(26-17)8-11-4-6-12(25-3)7-5-11/h4-7,10,16H,8H2,1-3H3. The molecule has 1 aromatic carbocycles. The molecule has 0 saturated carbocycles. The summed E-state index contributed by atoms with van der Waals surface area (Å²) in [6.07, 6.45) is -2.20. The molecule has 1 unspecified atom stereocenters. The Labute approximate surface area is 157 Å². The van der Waals surface area contributed by atoms with Gasteiger partial charge in [0.05, 0.1) is 23.7 Å². The smallest absolute Gasteiger partial charge is 0.283 e. The Morgan fingerprint density at radius 1 is 1.23 bits per heavy atom. The Balaban J connectivity index is 1.79. The summed E-state index contributed by atoms with van der Waals surface area (Å²) in [4.78, 5) is 0. The molecular weight excluding hydrogens is 410 g/mol. The van der Waals surface area contributed by atoms with Gasteiger partial charge < -0.3 is 9.15 Å². The molecule has 0 spiro atoms. The van der Waals surface area contributed by atoms with Crippen molar-refractivity contribution in [2.45, 2.75) is 32.7 Å². The van der Waals surface area contributed by atoms with Gasteiger partial charge in [-0.3, -0.25) is 4.68 Å². The van der Waals surface area contributed by atoms with Gasteiger partial charge in [-0.15, -0.1) is 10.2 Å². The van der Waals surface area contributed by atoms with E-state index in [0.717, 1.165) is 11.3 Å². The third-order valence-corrected chi connectivity index (χ3v) is 5.01. The van der Waals surface area contributed by atoms with Crippen molar-refractivity contribution < 1.29 is 17.9 Å². The zero-order valence-electron chi connectivity index (χ0n) is 14.4. The minimum Gasteiger partial charge on any atom is -0.497 e. The highest BCUT2D eigenvalue weighted by Crippen LogP contribution is 2.31. The highest BCUT2D eigenvalue weighted by Gasteiger charge is 2.25. The first-order chi connectivity index (χ1) is 12.4. The topological polar surface area (TPSA) is 66.0 Å². The quantitative estimate of drug-likeness (QED) is 0.580. The zero-order chi connectivity index (χ0) is 18.8. The maximum Gasteiger partial charge on any atom is 0.283 e. The number of ether oxygens (including phenoxy) is 1. The Morgan fingerprint density at radius 3 is 2.50 bits per heavy atom. The van der Waals surface area contributed by atoms with Crippen molar-refractivity contribution in [1.29, 1.82) is 0 Å². The molecular formula is C17H17BrF2N4O2. The van der Waals surface area contributed by atoms with Crippen molar-refractivity contribution in [1.82, 2.24) is 20.0 Å². The summed E-state index contributed by atoms with van der Waals surface area (Å²) in [6.45, 7) is 3.47. The first kappa shape index (κ1) is 18.5. The van der Waals surface area contributed by atoms with Crippen LogP contribution in [0.3, 0.4) is 0 Å². The third kappa shape index (κ3) is 3.62. The van der Waals surface area contributed by atoms with E-state index in [9.17, 15) is 8.78 Å². The minimum absolute atomic E-state index is 0.289. The molecule has 9 heteroatoms. The number of methoxy groups -OCH3 is 1. The van der Waals surface area contributed by atoms with Gasteiger partial charge in [0.25, 0.3) is 6.43 Å². The Hall–Kier alpha value is -2.29.